The van der Waals surface area contributed by atoms with Crippen LogP contribution in [0.25, 0.3) is 0 Å². The van der Waals surface area contributed by atoms with Gasteiger partial charge in [-0.25, -0.2) is 4.79 Å². The van der Waals surface area contributed by atoms with Crippen LogP contribution in [0.2, 0.25) is 0 Å². The van der Waals surface area contributed by atoms with E-state index < -0.39 is 47.0 Å². The summed E-state index contributed by atoms with van der Waals surface area (Å²) in [6.45, 7) is 7.96. The number of carbonyl (C=O) groups excluding carboxylic acids is 2. The first-order chi connectivity index (χ1) is 21.6. The van der Waals surface area contributed by atoms with Gasteiger partial charge in [0.2, 0.25) is 5.60 Å². The van der Waals surface area contributed by atoms with Crippen LogP contribution in [0.4, 0.5) is 0 Å². The number of hydrogen-bond acceptors (Lipinski definition) is 8. The van der Waals surface area contributed by atoms with Crippen molar-refractivity contribution in [2.45, 2.75) is 62.2 Å². The van der Waals surface area contributed by atoms with E-state index in [0.29, 0.717) is 23.5 Å². The number of alkyl halides is 1. The first kappa shape index (κ1) is 34.0. The van der Waals surface area contributed by atoms with Gasteiger partial charge in [0.15, 0.2) is 5.60 Å². The monoisotopic (exact) mass is 637 g/mol. The number of nitrogens with zero attached hydrogens (tertiary/aromatic N) is 1. The minimum absolute atomic E-state index is 0.266. The molecule has 1 heterocycles. The first-order valence-electron chi connectivity index (χ1n) is 15.2. The quantitative estimate of drug-likeness (QED) is 0.140. The van der Waals surface area contributed by atoms with Gasteiger partial charge < -0.3 is 29.3 Å². The van der Waals surface area contributed by atoms with Crippen molar-refractivity contribution in [1.82, 2.24) is 4.90 Å². The Morgan fingerprint density at radius 3 is 1.89 bits per heavy atom. The molecule has 240 valence electrons. The van der Waals surface area contributed by atoms with E-state index >= 15 is 0 Å². The van der Waals surface area contributed by atoms with E-state index in [2.05, 4.69) is 18.7 Å². The maximum Gasteiger partial charge on any atom is 0.336 e. The van der Waals surface area contributed by atoms with Crippen molar-refractivity contribution in [2.24, 2.45) is 0 Å². The van der Waals surface area contributed by atoms with Gasteiger partial charge in [-0.05, 0) is 51.0 Å². The van der Waals surface area contributed by atoms with Crippen LogP contribution in [0, 0.1) is 0 Å². The fourth-order valence-corrected chi connectivity index (χ4v) is 6.07. The van der Waals surface area contributed by atoms with Gasteiger partial charge in [0, 0.05) is 16.7 Å². The minimum Gasteiger partial charge on any atom is -0.494 e. The van der Waals surface area contributed by atoms with Crippen molar-refractivity contribution in [3.63, 3.8) is 0 Å². The number of unbranched alkanes of at least 4 members (excludes halogenated alkanes) is 2. The summed E-state index contributed by atoms with van der Waals surface area (Å²) < 4.78 is 18.1. The van der Waals surface area contributed by atoms with Gasteiger partial charge in [-0.15, -0.1) is 0 Å². The SMILES string of the molecule is CCN(CC)CCCCCOc1ccc(C2(c3ccccc3)OC(=O)CC(O)(C(=O)O)CC(=O)OC2(Cl)c2ccccc2)cc1. The number of aliphatic hydroxyl groups is 1. The highest BCUT2D eigenvalue weighted by molar-refractivity contribution is 6.25. The molecule has 1 fully saturated rings. The second kappa shape index (κ2) is 14.9. The van der Waals surface area contributed by atoms with Gasteiger partial charge in [-0.1, -0.05) is 98.2 Å². The molecule has 45 heavy (non-hydrogen) atoms. The number of esters is 2. The number of hydrogen-bond donors (Lipinski definition) is 2. The molecule has 2 N–H and O–H groups in total. The first-order valence-corrected chi connectivity index (χ1v) is 15.6. The van der Waals surface area contributed by atoms with Gasteiger partial charge >= 0.3 is 17.9 Å². The summed E-state index contributed by atoms with van der Waals surface area (Å²) in [5.74, 6) is -3.40. The molecule has 0 bridgehead atoms. The van der Waals surface area contributed by atoms with E-state index in [1.807, 2.05) is 0 Å². The Labute approximate surface area is 268 Å². The van der Waals surface area contributed by atoms with Gasteiger partial charge in [0.05, 0.1) is 19.4 Å². The summed E-state index contributed by atoms with van der Waals surface area (Å²) >= 11 is 7.41. The van der Waals surface area contributed by atoms with Crippen LogP contribution < -0.4 is 4.74 Å². The standard InChI is InChI=1S/C35H40ClNO8/c1-3-37(4-2)22-12-7-13-23-43-29-20-18-27(19-21-29)34(26-14-8-5-9-15-26)35(36,28-16-10-6-11-17-28)45-31(39)25-33(42,32(40)41)24-30(38)44-34/h5-6,8-11,14-21,42H,3-4,7,12-13,22-25H2,1-2H3,(H,40,41). The summed E-state index contributed by atoms with van der Waals surface area (Å²) in [5, 5.41) is 18.3. The summed E-state index contributed by atoms with van der Waals surface area (Å²) in [7, 11) is 0. The average Bonchev–Trinajstić information content (AvgIpc) is 3.07. The molecular weight excluding hydrogens is 598 g/mol. The molecule has 1 aliphatic heterocycles. The molecule has 1 saturated heterocycles. The second-order valence-corrected chi connectivity index (χ2v) is 11.6. The number of halogens is 1. The second-order valence-electron chi connectivity index (χ2n) is 11.1. The molecule has 1 aliphatic rings. The third kappa shape index (κ3) is 7.49. The summed E-state index contributed by atoms with van der Waals surface area (Å²) in [4.78, 5) is 41.3. The van der Waals surface area contributed by atoms with E-state index in [1.165, 1.54) is 0 Å². The van der Waals surface area contributed by atoms with E-state index in [4.69, 9.17) is 25.8 Å². The molecule has 3 atom stereocenters. The lowest BCUT2D eigenvalue weighted by Crippen LogP contribution is -2.52. The normalized spacial score (nSPS) is 23.8. The molecule has 3 aromatic rings. The van der Waals surface area contributed by atoms with Crippen molar-refractivity contribution >= 4 is 29.5 Å². The Hall–Kier alpha value is -3.92. The molecule has 9 nitrogen and oxygen atoms in total. The molecule has 0 aromatic heterocycles. The molecule has 3 unspecified atom stereocenters. The fourth-order valence-electron chi connectivity index (χ4n) is 5.60. The fraction of sp³-hybridized carbons (Fsp3) is 0.400. The van der Waals surface area contributed by atoms with Crippen molar-refractivity contribution in [3.05, 3.63) is 102 Å². The third-order valence-corrected chi connectivity index (χ3v) is 8.68. The highest BCUT2D eigenvalue weighted by Crippen LogP contribution is 2.55. The summed E-state index contributed by atoms with van der Waals surface area (Å²) in [6.07, 6.45) is 0.966. The van der Waals surface area contributed by atoms with Crippen molar-refractivity contribution in [3.8, 4) is 5.75 Å². The smallest absolute Gasteiger partial charge is 0.336 e. The Morgan fingerprint density at radius 1 is 0.800 bits per heavy atom. The molecule has 0 spiro atoms. The van der Waals surface area contributed by atoms with Crippen LogP contribution in [0.3, 0.4) is 0 Å². The number of rotatable bonds is 13. The Morgan fingerprint density at radius 2 is 1.33 bits per heavy atom. The molecule has 3 aromatic carbocycles. The molecule has 0 saturated carbocycles. The largest absolute Gasteiger partial charge is 0.494 e. The maximum atomic E-state index is 13.6. The number of carboxylic acids is 1. The zero-order valence-corrected chi connectivity index (χ0v) is 26.4. The number of carboxylic acid groups (broad SMARTS) is 1. The van der Waals surface area contributed by atoms with E-state index in [0.717, 1.165) is 38.9 Å². The van der Waals surface area contributed by atoms with Crippen molar-refractivity contribution < 1.29 is 38.8 Å². The highest BCUT2D eigenvalue weighted by atomic mass is 35.5. The number of cyclic esters (lactones) is 2. The van der Waals surface area contributed by atoms with Crippen LogP contribution in [-0.4, -0.2) is 64.9 Å². The Balaban J connectivity index is 1.75. The summed E-state index contributed by atoms with van der Waals surface area (Å²) in [5.41, 5.74) is -3.83. The zero-order valence-electron chi connectivity index (χ0n) is 25.6. The molecule has 10 heteroatoms. The van der Waals surface area contributed by atoms with Gasteiger partial charge in [0.1, 0.15) is 5.75 Å². The highest BCUT2D eigenvalue weighted by Gasteiger charge is 2.62. The average molecular weight is 638 g/mol. The lowest BCUT2D eigenvalue weighted by molar-refractivity contribution is -0.189. The van der Waals surface area contributed by atoms with Crippen LogP contribution in [-0.2, 0) is 34.5 Å². The van der Waals surface area contributed by atoms with Gasteiger partial charge in [-0.2, -0.15) is 0 Å². The lowest BCUT2D eigenvalue weighted by atomic mass is 9.77. The van der Waals surface area contributed by atoms with Gasteiger partial charge in [-0.3, -0.25) is 9.59 Å². The predicted octanol–water partition coefficient (Wildman–Crippen LogP) is 5.61. The number of carbonyl (C=O) groups is 3. The molecule has 0 amide bonds. The third-order valence-electron chi connectivity index (χ3n) is 8.11. The van der Waals surface area contributed by atoms with E-state index in [1.54, 1.807) is 84.9 Å². The number of aliphatic carboxylic acids is 1. The molecular formula is C35H40ClNO8. The van der Waals surface area contributed by atoms with Gasteiger partial charge in [0.25, 0.3) is 5.06 Å². The Kier molecular flexibility index (Phi) is 11.3. The number of ether oxygens (including phenoxy) is 3. The molecule has 0 aliphatic carbocycles. The topological polar surface area (TPSA) is 123 Å². The molecule has 4 rings (SSSR count). The summed E-state index contributed by atoms with van der Waals surface area (Å²) in [6, 6.07) is 23.7. The van der Waals surface area contributed by atoms with E-state index in [9.17, 15) is 24.6 Å². The van der Waals surface area contributed by atoms with Crippen LogP contribution in [0.1, 0.15) is 62.6 Å². The Bertz CT molecular complexity index is 1430. The maximum absolute atomic E-state index is 13.6. The van der Waals surface area contributed by atoms with Crippen LogP contribution in [0.15, 0.2) is 84.9 Å². The predicted molar refractivity (Wildman–Crippen MR) is 169 cm³/mol. The van der Waals surface area contributed by atoms with E-state index in [-0.39, 0.29) is 5.56 Å². The van der Waals surface area contributed by atoms with Crippen LogP contribution in [0.5, 0.6) is 5.75 Å². The zero-order chi connectivity index (χ0) is 32.5. The van der Waals surface area contributed by atoms with Crippen LogP contribution >= 0.6 is 11.6 Å². The molecule has 0 radical (unpaired) electrons. The number of benzene rings is 3. The van der Waals surface area contributed by atoms with Crippen molar-refractivity contribution in [1.29, 1.82) is 0 Å². The van der Waals surface area contributed by atoms with Crippen molar-refractivity contribution in [2.75, 3.05) is 26.2 Å². The minimum atomic E-state index is -2.77. The lowest BCUT2D eigenvalue weighted by Gasteiger charge is -2.45.